The van der Waals surface area contributed by atoms with Crippen LogP contribution in [0.1, 0.15) is 30.4 Å². The minimum Gasteiger partial charge on any atom is -0.481 e. The van der Waals surface area contributed by atoms with Gasteiger partial charge in [0.1, 0.15) is 0 Å². The highest BCUT2D eigenvalue weighted by Gasteiger charge is 2.47. The van der Waals surface area contributed by atoms with Gasteiger partial charge in [0.25, 0.3) is 5.92 Å². The third kappa shape index (κ3) is 4.88. The predicted octanol–water partition coefficient (Wildman–Crippen LogP) is 3.93. The first kappa shape index (κ1) is 25.4. The molecule has 0 aliphatic carbocycles. The van der Waals surface area contributed by atoms with E-state index in [0.29, 0.717) is 21.3 Å². The number of carbonyl (C=O) groups is 1. The Morgan fingerprint density at radius 3 is 2.73 bits per heavy atom. The molecule has 0 bridgehead atoms. The van der Waals surface area contributed by atoms with Gasteiger partial charge in [0.15, 0.2) is 16.6 Å². The molecule has 1 saturated heterocycles. The number of hydrogen-bond donors (Lipinski definition) is 2. The lowest BCUT2D eigenvalue weighted by Crippen LogP contribution is -2.52. The van der Waals surface area contributed by atoms with Crippen LogP contribution in [0.5, 0.6) is 17.4 Å². The molecule has 3 aromatic rings. The number of carbonyl (C=O) groups excluding carboxylic acids is 1. The maximum absolute atomic E-state index is 14.9. The van der Waals surface area contributed by atoms with E-state index in [1.807, 2.05) is 0 Å². The van der Waals surface area contributed by atoms with Crippen LogP contribution in [0.25, 0.3) is 10.2 Å². The number of benzene rings is 1. The van der Waals surface area contributed by atoms with E-state index in [4.69, 9.17) is 10.5 Å². The number of fused-ring (bicyclic) bond motifs is 2. The fourth-order valence-electron chi connectivity index (χ4n) is 4.47. The summed E-state index contributed by atoms with van der Waals surface area (Å²) in [5.41, 5.74) is 6.90. The van der Waals surface area contributed by atoms with Gasteiger partial charge in [-0.1, -0.05) is 11.3 Å². The van der Waals surface area contributed by atoms with E-state index >= 15 is 0 Å². The summed E-state index contributed by atoms with van der Waals surface area (Å²) in [6.07, 6.45) is -2.82. The molecule has 14 heteroatoms. The van der Waals surface area contributed by atoms with Crippen LogP contribution in [-0.2, 0) is 11.3 Å². The second-order valence-electron chi connectivity index (χ2n) is 8.82. The van der Waals surface area contributed by atoms with Crippen molar-refractivity contribution in [3.05, 3.63) is 35.5 Å². The Labute approximate surface area is 212 Å². The van der Waals surface area contributed by atoms with Gasteiger partial charge in [-0.15, -0.1) is 8.78 Å². The number of pyridine rings is 1. The molecule has 2 unspecified atom stereocenters. The third-order valence-electron chi connectivity index (χ3n) is 6.49. The summed E-state index contributed by atoms with van der Waals surface area (Å²) in [4.78, 5) is 23.1. The predicted molar refractivity (Wildman–Crippen MR) is 126 cm³/mol. The maximum Gasteiger partial charge on any atom is 0.586 e. The highest BCUT2D eigenvalue weighted by molar-refractivity contribution is 7.22. The first-order chi connectivity index (χ1) is 17.5. The lowest BCUT2D eigenvalue weighted by atomic mass is 9.86. The molecule has 2 aliphatic rings. The quantitative estimate of drug-likeness (QED) is 0.452. The number of halogens is 4. The van der Waals surface area contributed by atoms with Crippen molar-refractivity contribution in [3.8, 4) is 17.4 Å². The van der Waals surface area contributed by atoms with E-state index in [9.17, 15) is 22.4 Å². The smallest absolute Gasteiger partial charge is 0.481 e. The monoisotopic (exact) mass is 541 g/mol. The molecule has 198 valence electrons. The topological polar surface area (TPSA) is 112 Å². The molecule has 5 rings (SSSR count). The number of ether oxygens (including phenoxy) is 3. The van der Waals surface area contributed by atoms with Crippen molar-refractivity contribution in [2.75, 3.05) is 25.5 Å². The Morgan fingerprint density at radius 1 is 1.30 bits per heavy atom. The van der Waals surface area contributed by atoms with Crippen LogP contribution in [0.4, 0.5) is 22.7 Å². The SMILES string of the molecule is COc1ncc(C2CN(C(C)C(=O)Nc3nc4cc5c(cc4s3)OC(F)(F)O5)CCC2(F)F)cc1CN. The summed E-state index contributed by atoms with van der Waals surface area (Å²) >= 11 is 1.07. The lowest BCUT2D eigenvalue weighted by Gasteiger charge is -2.40. The van der Waals surface area contributed by atoms with Crippen LogP contribution in [0.3, 0.4) is 0 Å². The number of thiazole rings is 1. The number of nitrogens with one attached hydrogen (secondary N) is 1. The normalized spacial score (nSPS) is 21.1. The molecular weight excluding hydrogens is 518 g/mol. The molecule has 2 atom stereocenters. The van der Waals surface area contributed by atoms with E-state index in [0.717, 1.165) is 11.3 Å². The van der Waals surface area contributed by atoms with Gasteiger partial charge in [0, 0.05) is 49.9 Å². The number of alkyl halides is 4. The van der Waals surface area contributed by atoms with E-state index in [1.165, 1.54) is 25.4 Å². The van der Waals surface area contributed by atoms with E-state index in [-0.39, 0.29) is 42.1 Å². The molecule has 2 aliphatic heterocycles. The number of hydrogen-bond acceptors (Lipinski definition) is 9. The Balaban J connectivity index is 1.30. The van der Waals surface area contributed by atoms with Gasteiger partial charge in [-0.3, -0.25) is 9.69 Å². The van der Waals surface area contributed by atoms with Crippen molar-refractivity contribution in [2.45, 2.75) is 44.1 Å². The summed E-state index contributed by atoms with van der Waals surface area (Å²) in [5.74, 6) is -4.63. The van der Waals surface area contributed by atoms with E-state index < -0.39 is 36.5 Å². The summed E-state index contributed by atoms with van der Waals surface area (Å²) in [6, 6.07) is 3.48. The largest absolute Gasteiger partial charge is 0.586 e. The van der Waals surface area contributed by atoms with Gasteiger partial charge in [-0.25, -0.2) is 18.7 Å². The van der Waals surface area contributed by atoms with Crippen molar-refractivity contribution in [1.29, 1.82) is 0 Å². The second-order valence-corrected chi connectivity index (χ2v) is 9.85. The zero-order chi connectivity index (χ0) is 26.5. The number of amides is 1. The first-order valence-corrected chi connectivity index (χ1v) is 12.2. The fraction of sp³-hybridized carbons (Fsp3) is 0.435. The van der Waals surface area contributed by atoms with E-state index in [1.54, 1.807) is 17.9 Å². The summed E-state index contributed by atoms with van der Waals surface area (Å²) in [6.45, 7) is 1.64. The van der Waals surface area contributed by atoms with Crippen LogP contribution in [-0.4, -0.2) is 59.2 Å². The molecule has 0 spiro atoms. The zero-order valence-corrected chi connectivity index (χ0v) is 20.6. The molecule has 1 amide bonds. The number of likely N-dealkylation sites (tertiary alicyclic amines) is 1. The van der Waals surface area contributed by atoms with E-state index in [2.05, 4.69) is 24.8 Å². The van der Waals surface area contributed by atoms with Gasteiger partial charge >= 0.3 is 6.29 Å². The Kier molecular flexibility index (Phi) is 6.36. The van der Waals surface area contributed by atoms with Crippen LogP contribution >= 0.6 is 11.3 Å². The first-order valence-electron chi connectivity index (χ1n) is 11.4. The van der Waals surface area contributed by atoms with Crippen LogP contribution in [0.15, 0.2) is 24.4 Å². The summed E-state index contributed by atoms with van der Waals surface area (Å²) < 4.78 is 71.0. The van der Waals surface area contributed by atoms with Gasteiger partial charge in [0.05, 0.1) is 29.3 Å². The minimum atomic E-state index is -3.74. The average molecular weight is 542 g/mol. The molecule has 9 nitrogen and oxygen atoms in total. The van der Waals surface area contributed by atoms with Gasteiger partial charge < -0.3 is 25.3 Å². The van der Waals surface area contributed by atoms with Gasteiger partial charge in [0.2, 0.25) is 11.8 Å². The molecule has 4 heterocycles. The molecule has 37 heavy (non-hydrogen) atoms. The molecule has 3 N–H and O–H groups in total. The third-order valence-corrected chi connectivity index (χ3v) is 7.42. The molecular formula is C23H23F4N5O4S. The molecule has 2 aromatic heterocycles. The number of rotatable bonds is 6. The van der Waals surface area contributed by atoms with Crippen molar-refractivity contribution < 1.29 is 36.6 Å². The van der Waals surface area contributed by atoms with Gasteiger partial charge in [-0.2, -0.15) is 0 Å². The minimum absolute atomic E-state index is 0.0148. The number of anilines is 1. The Hall–Kier alpha value is -3.23. The lowest BCUT2D eigenvalue weighted by molar-refractivity contribution is -0.286. The second kappa shape index (κ2) is 9.26. The summed E-state index contributed by atoms with van der Waals surface area (Å²) in [5, 5.41) is 2.92. The maximum atomic E-state index is 14.9. The number of nitrogens with zero attached hydrogens (tertiary/aromatic N) is 3. The highest BCUT2D eigenvalue weighted by atomic mass is 32.1. The highest BCUT2D eigenvalue weighted by Crippen LogP contribution is 2.45. The molecule has 1 aromatic carbocycles. The van der Waals surface area contributed by atoms with Crippen molar-refractivity contribution in [2.24, 2.45) is 5.73 Å². The van der Waals surface area contributed by atoms with Crippen molar-refractivity contribution in [1.82, 2.24) is 14.9 Å². The van der Waals surface area contributed by atoms with Crippen LogP contribution in [0.2, 0.25) is 0 Å². The van der Waals surface area contributed by atoms with Crippen LogP contribution in [0, 0.1) is 0 Å². The number of methoxy groups -OCH3 is 1. The number of nitrogens with two attached hydrogens (primary N) is 1. The fourth-order valence-corrected chi connectivity index (χ4v) is 5.34. The standard InChI is InChI=1S/C23H23F4N5O4S/c1-11(19(33)31-21-30-15-6-16-17(7-18(15)37-21)36-23(26,27)35-16)32-4-3-22(24,25)14(10-32)13-5-12(8-28)20(34-2)29-9-13/h5-7,9,11,14H,3-4,8,10,28H2,1-2H3,(H,30,31,33). The van der Waals surface area contributed by atoms with Crippen molar-refractivity contribution >= 4 is 32.6 Å². The molecule has 1 fully saturated rings. The molecule has 0 saturated carbocycles. The van der Waals surface area contributed by atoms with Gasteiger partial charge in [-0.05, 0) is 18.6 Å². The van der Waals surface area contributed by atoms with Crippen molar-refractivity contribution in [3.63, 3.8) is 0 Å². The summed E-state index contributed by atoms with van der Waals surface area (Å²) in [7, 11) is 1.43. The Bertz CT molecular complexity index is 1310. The number of piperidine rings is 1. The Morgan fingerprint density at radius 2 is 2.03 bits per heavy atom. The number of aromatic nitrogens is 2. The molecule has 0 radical (unpaired) electrons. The van der Waals surface area contributed by atoms with Crippen LogP contribution < -0.4 is 25.3 Å². The average Bonchev–Trinajstić information content (AvgIpc) is 3.37. The zero-order valence-electron chi connectivity index (χ0n) is 19.8.